The highest BCUT2D eigenvalue weighted by Gasteiger charge is 2.16. The molecule has 0 aliphatic carbocycles. The molecule has 0 unspecified atom stereocenters. The molecule has 8 heteroatoms. The molecular weight excluding hydrogens is 423 g/mol. The third kappa shape index (κ3) is 5.03. The molecule has 30 heavy (non-hydrogen) atoms. The third-order valence-corrected chi connectivity index (χ3v) is 5.65. The number of benzene rings is 2. The average Bonchev–Trinajstić information content (AvgIpc) is 2.79. The van der Waals surface area contributed by atoms with Crippen molar-refractivity contribution in [3.8, 4) is 0 Å². The third-order valence-electron chi connectivity index (χ3n) is 4.91. The summed E-state index contributed by atoms with van der Waals surface area (Å²) in [6.45, 7) is 3.79. The van der Waals surface area contributed by atoms with E-state index in [-0.39, 0.29) is 5.82 Å². The maximum Gasteiger partial charge on any atom is 0.190 e. The molecule has 0 amide bonds. The monoisotopic (exact) mass is 444 g/mol. The number of ether oxygens (including phenoxy) is 1. The normalized spacial score (nSPS) is 14.0. The Morgan fingerprint density at radius 3 is 2.43 bits per heavy atom. The number of nitrogens with zero attached hydrogens (tertiary/aromatic N) is 4. The molecule has 0 N–H and O–H groups in total. The summed E-state index contributed by atoms with van der Waals surface area (Å²) in [6.07, 6.45) is 1.91. The van der Waals surface area contributed by atoms with Gasteiger partial charge in [0.25, 0.3) is 0 Å². The first-order valence-electron chi connectivity index (χ1n) is 9.66. The van der Waals surface area contributed by atoms with Gasteiger partial charge in [-0.25, -0.2) is 14.4 Å². The van der Waals surface area contributed by atoms with E-state index in [1.807, 2.05) is 6.26 Å². The molecule has 4 rings (SSSR count). The summed E-state index contributed by atoms with van der Waals surface area (Å²) < 4.78 is 18.8. The van der Waals surface area contributed by atoms with Crippen LogP contribution in [0.1, 0.15) is 5.56 Å². The van der Waals surface area contributed by atoms with Crippen molar-refractivity contribution in [3.63, 3.8) is 0 Å². The van der Waals surface area contributed by atoms with Crippen LogP contribution in [0.4, 0.5) is 21.6 Å². The van der Waals surface area contributed by atoms with Crippen LogP contribution in [-0.2, 0) is 11.3 Å². The molecule has 1 aliphatic heterocycles. The maximum atomic E-state index is 13.4. The molecular formula is C22H22ClFN4OS. The fraction of sp³-hybridized carbons (Fsp3) is 0.273. The molecule has 0 spiro atoms. The van der Waals surface area contributed by atoms with Crippen molar-refractivity contribution >= 4 is 40.6 Å². The molecule has 2 aromatic carbocycles. The molecule has 0 radical (unpaired) electrons. The summed E-state index contributed by atoms with van der Waals surface area (Å²) in [6, 6.07) is 16.6. The zero-order valence-electron chi connectivity index (χ0n) is 16.6. The van der Waals surface area contributed by atoms with Gasteiger partial charge in [-0.2, -0.15) is 0 Å². The largest absolute Gasteiger partial charge is 0.378 e. The standard InChI is InChI=1S/C22H22ClFN4OS/c1-30-22-25-20(23)14-21(26-22)28(15-16-2-4-17(24)5-3-16)19-8-6-18(7-9-19)27-10-12-29-13-11-27/h2-9,14H,10-13,15H2,1H3. The lowest BCUT2D eigenvalue weighted by Crippen LogP contribution is -2.36. The number of hydrogen-bond acceptors (Lipinski definition) is 6. The minimum absolute atomic E-state index is 0.255. The fourth-order valence-corrected chi connectivity index (χ4v) is 3.96. The Morgan fingerprint density at radius 1 is 1.07 bits per heavy atom. The number of aromatic nitrogens is 2. The summed E-state index contributed by atoms with van der Waals surface area (Å²) >= 11 is 7.69. The highest BCUT2D eigenvalue weighted by Crippen LogP contribution is 2.31. The van der Waals surface area contributed by atoms with Gasteiger partial charge in [-0.1, -0.05) is 35.5 Å². The van der Waals surface area contributed by atoms with Gasteiger partial charge < -0.3 is 14.5 Å². The van der Waals surface area contributed by atoms with E-state index in [1.165, 1.54) is 23.9 Å². The van der Waals surface area contributed by atoms with E-state index in [0.29, 0.717) is 22.7 Å². The molecule has 5 nitrogen and oxygen atoms in total. The van der Waals surface area contributed by atoms with Crippen LogP contribution in [0.2, 0.25) is 5.15 Å². The van der Waals surface area contributed by atoms with Gasteiger partial charge >= 0.3 is 0 Å². The zero-order valence-corrected chi connectivity index (χ0v) is 18.2. The molecule has 0 saturated carbocycles. The van der Waals surface area contributed by atoms with Crippen LogP contribution in [0.3, 0.4) is 0 Å². The first-order valence-corrected chi connectivity index (χ1v) is 11.3. The first kappa shape index (κ1) is 20.9. The van der Waals surface area contributed by atoms with Crippen LogP contribution in [-0.4, -0.2) is 42.5 Å². The predicted molar refractivity (Wildman–Crippen MR) is 121 cm³/mol. The van der Waals surface area contributed by atoms with Gasteiger partial charge in [-0.15, -0.1) is 0 Å². The smallest absolute Gasteiger partial charge is 0.190 e. The van der Waals surface area contributed by atoms with Gasteiger partial charge in [0.2, 0.25) is 0 Å². The number of anilines is 3. The summed E-state index contributed by atoms with van der Waals surface area (Å²) in [4.78, 5) is 13.3. The van der Waals surface area contributed by atoms with E-state index >= 15 is 0 Å². The Labute approximate surface area is 184 Å². The number of rotatable bonds is 6. The average molecular weight is 445 g/mol. The summed E-state index contributed by atoms with van der Waals surface area (Å²) in [5.41, 5.74) is 3.10. The van der Waals surface area contributed by atoms with E-state index in [1.54, 1.807) is 18.2 Å². The van der Waals surface area contributed by atoms with Gasteiger partial charge in [0, 0.05) is 37.1 Å². The van der Waals surface area contributed by atoms with Crippen molar-refractivity contribution in [3.05, 3.63) is 71.1 Å². The summed E-state index contributed by atoms with van der Waals surface area (Å²) in [5.74, 6) is 0.442. The molecule has 3 aromatic rings. The Morgan fingerprint density at radius 2 is 1.77 bits per heavy atom. The molecule has 1 fully saturated rings. The van der Waals surface area contributed by atoms with Crippen LogP contribution >= 0.6 is 23.4 Å². The van der Waals surface area contributed by atoms with E-state index in [9.17, 15) is 4.39 Å². The van der Waals surface area contributed by atoms with Crippen LogP contribution in [0.15, 0.2) is 59.8 Å². The van der Waals surface area contributed by atoms with Crippen molar-refractivity contribution < 1.29 is 9.13 Å². The summed E-state index contributed by atoms with van der Waals surface area (Å²) in [7, 11) is 0. The SMILES string of the molecule is CSc1nc(Cl)cc(N(Cc2ccc(F)cc2)c2ccc(N3CCOCC3)cc2)n1. The minimum Gasteiger partial charge on any atom is -0.378 e. The second-order valence-electron chi connectivity index (χ2n) is 6.86. The molecule has 0 bridgehead atoms. The number of hydrogen-bond donors (Lipinski definition) is 0. The van der Waals surface area contributed by atoms with Crippen molar-refractivity contribution in [1.29, 1.82) is 0 Å². The molecule has 0 atom stereocenters. The Balaban J connectivity index is 1.67. The van der Waals surface area contributed by atoms with Crippen LogP contribution < -0.4 is 9.80 Å². The molecule has 156 valence electrons. The first-order chi connectivity index (χ1) is 14.6. The molecule has 1 aromatic heterocycles. The number of morpholine rings is 1. The quantitative estimate of drug-likeness (QED) is 0.297. The van der Waals surface area contributed by atoms with Gasteiger partial charge in [0.1, 0.15) is 16.8 Å². The summed E-state index contributed by atoms with van der Waals surface area (Å²) in [5, 5.41) is 0.991. The Kier molecular flexibility index (Phi) is 6.72. The van der Waals surface area contributed by atoms with Gasteiger partial charge in [0.05, 0.1) is 13.2 Å². The van der Waals surface area contributed by atoms with E-state index in [0.717, 1.165) is 43.2 Å². The predicted octanol–water partition coefficient (Wildman–Crippen LogP) is 5.17. The van der Waals surface area contributed by atoms with Crippen molar-refractivity contribution in [2.45, 2.75) is 11.7 Å². The zero-order chi connectivity index (χ0) is 20.9. The van der Waals surface area contributed by atoms with Crippen molar-refractivity contribution in [2.75, 3.05) is 42.4 Å². The molecule has 1 aliphatic rings. The van der Waals surface area contributed by atoms with E-state index < -0.39 is 0 Å². The number of thioether (sulfide) groups is 1. The molecule has 1 saturated heterocycles. The van der Waals surface area contributed by atoms with Gasteiger partial charge in [-0.3, -0.25) is 0 Å². The Bertz CT molecular complexity index is 981. The van der Waals surface area contributed by atoms with Crippen LogP contribution in [0.25, 0.3) is 0 Å². The Hall–Kier alpha value is -2.35. The lowest BCUT2D eigenvalue weighted by atomic mass is 10.1. The topological polar surface area (TPSA) is 41.5 Å². The minimum atomic E-state index is -0.255. The maximum absolute atomic E-state index is 13.4. The second kappa shape index (κ2) is 9.64. The van der Waals surface area contributed by atoms with Crippen LogP contribution in [0, 0.1) is 5.82 Å². The lowest BCUT2D eigenvalue weighted by Gasteiger charge is -2.30. The highest BCUT2D eigenvalue weighted by molar-refractivity contribution is 7.98. The second-order valence-corrected chi connectivity index (χ2v) is 8.02. The van der Waals surface area contributed by atoms with Gasteiger partial charge in [-0.05, 0) is 48.2 Å². The lowest BCUT2D eigenvalue weighted by molar-refractivity contribution is 0.122. The fourth-order valence-electron chi connectivity index (χ4n) is 3.36. The van der Waals surface area contributed by atoms with E-state index in [2.05, 4.69) is 44.0 Å². The number of halogens is 2. The van der Waals surface area contributed by atoms with Crippen LogP contribution in [0.5, 0.6) is 0 Å². The van der Waals surface area contributed by atoms with E-state index in [4.69, 9.17) is 16.3 Å². The molecule has 2 heterocycles. The highest BCUT2D eigenvalue weighted by atomic mass is 35.5. The van der Waals surface area contributed by atoms with Gasteiger partial charge in [0.15, 0.2) is 5.16 Å². The van der Waals surface area contributed by atoms with Crippen molar-refractivity contribution in [1.82, 2.24) is 9.97 Å². The van der Waals surface area contributed by atoms with Crippen molar-refractivity contribution in [2.24, 2.45) is 0 Å².